The lowest BCUT2D eigenvalue weighted by Crippen LogP contribution is -2.37. The Labute approximate surface area is 165 Å². The van der Waals surface area contributed by atoms with E-state index in [1.54, 1.807) is 19.2 Å². The van der Waals surface area contributed by atoms with Gasteiger partial charge in [0.25, 0.3) is 5.91 Å². The van der Waals surface area contributed by atoms with E-state index in [2.05, 4.69) is 20.9 Å². The summed E-state index contributed by atoms with van der Waals surface area (Å²) in [5, 5.41) is 9.16. The average molecular weight is 386 g/mol. The van der Waals surface area contributed by atoms with Crippen LogP contribution in [-0.4, -0.2) is 38.6 Å². The predicted octanol–water partition coefficient (Wildman–Crippen LogP) is 2.25. The molecule has 2 rings (SSSR count). The SMILES string of the molecule is CCNC(=O)COc1cccc(CNC(=NC)NCCc2ccc(F)cc2)c1. The maximum Gasteiger partial charge on any atom is 0.257 e. The number of nitrogens with zero attached hydrogens (tertiary/aromatic N) is 1. The Morgan fingerprint density at radius 2 is 1.86 bits per heavy atom. The summed E-state index contributed by atoms with van der Waals surface area (Å²) in [6, 6.07) is 14.0. The zero-order chi connectivity index (χ0) is 20.2. The third-order valence-electron chi connectivity index (χ3n) is 3.95. The van der Waals surface area contributed by atoms with Crippen LogP contribution in [0.5, 0.6) is 5.75 Å². The van der Waals surface area contributed by atoms with Gasteiger partial charge in [0.15, 0.2) is 12.6 Å². The predicted molar refractivity (Wildman–Crippen MR) is 109 cm³/mol. The van der Waals surface area contributed by atoms with Crippen molar-refractivity contribution in [3.8, 4) is 5.75 Å². The minimum atomic E-state index is -0.230. The number of nitrogens with one attached hydrogen (secondary N) is 3. The van der Waals surface area contributed by atoms with Crippen molar-refractivity contribution in [2.45, 2.75) is 19.9 Å². The number of aliphatic imine (C=N–C) groups is 1. The molecule has 2 aromatic carbocycles. The number of likely N-dealkylation sites (N-methyl/N-ethyl adjacent to an activating group) is 1. The Balaban J connectivity index is 1.77. The lowest BCUT2D eigenvalue weighted by Gasteiger charge is -2.13. The third kappa shape index (κ3) is 7.65. The van der Waals surface area contributed by atoms with Crippen LogP contribution >= 0.6 is 0 Å². The smallest absolute Gasteiger partial charge is 0.257 e. The molecule has 2 aromatic rings. The van der Waals surface area contributed by atoms with E-state index >= 15 is 0 Å². The minimum Gasteiger partial charge on any atom is -0.484 e. The van der Waals surface area contributed by atoms with Crippen LogP contribution < -0.4 is 20.7 Å². The summed E-state index contributed by atoms with van der Waals surface area (Å²) in [6.07, 6.45) is 0.768. The fourth-order valence-corrected chi connectivity index (χ4v) is 2.53. The van der Waals surface area contributed by atoms with Crippen molar-refractivity contribution in [1.82, 2.24) is 16.0 Å². The van der Waals surface area contributed by atoms with Gasteiger partial charge in [-0.15, -0.1) is 0 Å². The molecule has 28 heavy (non-hydrogen) atoms. The van der Waals surface area contributed by atoms with Crippen molar-refractivity contribution in [1.29, 1.82) is 0 Å². The molecule has 0 radical (unpaired) electrons. The molecule has 150 valence electrons. The fraction of sp³-hybridized carbons (Fsp3) is 0.333. The van der Waals surface area contributed by atoms with Crippen molar-refractivity contribution in [3.05, 3.63) is 65.5 Å². The largest absolute Gasteiger partial charge is 0.484 e. The van der Waals surface area contributed by atoms with E-state index < -0.39 is 0 Å². The van der Waals surface area contributed by atoms with E-state index in [-0.39, 0.29) is 18.3 Å². The first-order valence-electron chi connectivity index (χ1n) is 9.28. The van der Waals surface area contributed by atoms with E-state index in [1.165, 1.54) is 12.1 Å². The van der Waals surface area contributed by atoms with Gasteiger partial charge in [-0.2, -0.15) is 0 Å². The number of carbonyl (C=O) groups excluding carboxylic acids is 1. The van der Waals surface area contributed by atoms with Crippen molar-refractivity contribution in [3.63, 3.8) is 0 Å². The number of halogens is 1. The number of hydrogen-bond acceptors (Lipinski definition) is 3. The molecule has 6 nitrogen and oxygen atoms in total. The Morgan fingerprint density at radius 3 is 2.57 bits per heavy atom. The van der Waals surface area contributed by atoms with Crippen molar-refractivity contribution in [2.75, 3.05) is 26.7 Å². The lowest BCUT2D eigenvalue weighted by molar-refractivity contribution is -0.122. The molecule has 0 aromatic heterocycles. The molecule has 0 spiro atoms. The van der Waals surface area contributed by atoms with Crippen LogP contribution in [0.25, 0.3) is 0 Å². The van der Waals surface area contributed by atoms with Gasteiger partial charge in [-0.25, -0.2) is 4.39 Å². The zero-order valence-electron chi connectivity index (χ0n) is 16.3. The van der Waals surface area contributed by atoms with Gasteiger partial charge in [-0.05, 0) is 48.7 Å². The number of amides is 1. The highest BCUT2D eigenvalue weighted by atomic mass is 19.1. The molecular formula is C21H27FN4O2. The quantitative estimate of drug-likeness (QED) is 0.456. The van der Waals surface area contributed by atoms with Crippen molar-refractivity contribution >= 4 is 11.9 Å². The highest BCUT2D eigenvalue weighted by molar-refractivity contribution is 5.79. The molecule has 0 aliphatic heterocycles. The van der Waals surface area contributed by atoms with Gasteiger partial charge in [-0.1, -0.05) is 24.3 Å². The summed E-state index contributed by atoms with van der Waals surface area (Å²) in [6.45, 7) is 3.69. The molecule has 0 heterocycles. The number of ether oxygens (including phenoxy) is 1. The second-order valence-corrected chi connectivity index (χ2v) is 6.12. The molecule has 0 unspecified atom stereocenters. The molecule has 3 N–H and O–H groups in total. The van der Waals surface area contributed by atoms with Gasteiger partial charge in [0.1, 0.15) is 11.6 Å². The van der Waals surface area contributed by atoms with E-state index in [1.807, 2.05) is 31.2 Å². The second-order valence-electron chi connectivity index (χ2n) is 6.12. The number of benzene rings is 2. The number of guanidine groups is 1. The molecule has 0 fully saturated rings. The summed E-state index contributed by atoms with van der Waals surface area (Å²) < 4.78 is 18.4. The number of hydrogen-bond donors (Lipinski definition) is 3. The molecule has 0 aliphatic carbocycles. The summed E-state index contributed by atoms with van der Waals surface area (Å²) >= 11 is 0. The van der Waals surface area contributed by atoms with Crippen LogP contribution in [0.15, 0.2) is 53.5 Å². The highest BCUT2D eigenvalue weighted by Crippen LogP contribution is 2.13. The van der Waals surface area contributed by atoms with Gasteiger partial charge >= 0.3 is 0 Å². The molecule has 0 saturated carbocycles. The van der Waals surface area contributed by atoms with Crippen LogP contribution in [0.4, 0.5) is 4.39 Å². The van der Waals surface area contributed by atoms with Crippen LogP contribution in [0.2, 0.25) is 0 Å². The van der Waals surface area contributed by atoms with Crippen LogP contribution in [0.1, 0.15) is 18.1 Å². The summed E-state index contributed by atoms with van der Waals surface area (Å²) in [5.41, 5.74) is 2.07. The standard InChI is InChI=1S/C21H27FN4O2/c1-3-24-20(27)15-28-19-6-4-5-17(13-19)14-26-21(23-2)25-12-11-16-7-9-18(22)10-8-16/h4-10,13H,3,11-12,14-15H2,1-2H3,(H,24,27)(H2,23,25,26). The Morgan fingerprint density at radius 1 is 1.07 bits per heavy atom. The first kappa shape index (κ1) is 21.2. The van der Waals surface area contributed by atoms with Gasteiger partial charge in [0, 0.05) is 26.7 Å². The average Bonchev–Trinajstić information content (AvgIpc) is 2.71. The van der Waals surface area contributed by atoms with E-state index in [9.17, 15) is 9.18 Å². The normalized spacial score (nSPS) is 11.0. The first-order chi connectivity index (χ1) is 13.6. The van der Waals surface area contributed by atoms with Gasteiger partial charge < -0.3 is 20.7 Å². The molecule has 0 atom stereocenters. The Bertz CT molecular complexity index is 778. The Hall–Kier alpha value is -3.09. The fourth-order valence-electron chi connectivity index (χ4n) is 2.53. The van der Waals surface area contributed by atoms with Crippen LogP contribution in [0, 0.1) is 5.82 Å². The third-order valence-corrected chi connectivity index (χ3v) is 3.95. The number of carbonyl (C=O) groups is 1. The molecule has 1 amide bonds. The molecule has 0 bridgehead atoms. The van der Waals surface area contributed by atoms with E-state index in [4.69, 9.17) is 4.74 Å². The summed E-state index contributed by atoms with van der Waals surface area (Å²) in [5.74, 6) is 0.948. The van der Waals surface area contributed by atoms with Crippen molar-refractivity contribution < 1.29 is 13.9 Å². The molecule has 0 saturated heterocycles. The zero-order valence-corrected chi connectivity index (χ0v) is 16.3. The maximum atomic E-state index is 12.9. The summed E-state index contributed by atoms with van der Waals surface area (Å²) in [7, 11) is 1.71. The minimum absolute atomic E-state index is 0.00265. The molecule has 0 aliphatic rings. The van der Waals surface area contributed by atoms with Crippen LogP contribution in [0.3, 0.4) is 0 Å². The van der Waals surface area contributed by atoms with E-state index in [0.717, 1.165) is 17.5 Å². The van der Waals surface area contributed by atoms with E-state index in [0.29, 0.717) is 31.3 Å². The second kappa shape index (κ2) is 11.6. The molecular weight excluding hydrogens is 359 g/mol. The topological polar surface area (TPSA) is 74.8 Å². The maximum absolute atomic E-state index is 12.9. The van der Waals surface area contributed by atoms with Gasteiger partial charge in [-0.3, -0.25) is 9.79 Å². The monoisotopic (exact) mass is 386 g/mol. The van der Waals surface area contributed by atoms with Gasteiger partial charge in [0.2, 0.25) is 0 Å². The lowest BCUT2D eigenvalue weighted by atomic mass is 10.1. The molecule has 7 heteroatoms. The first-order valence-corrected chi connectivity index (χ1v) is 9.28. The Kier molecular flexibility index (Phi) is 8.78. The summed E-state index contributed by atoms with van der Waals surface area (Å²) in [4.78, 5) is 15.7. The highest BCUT2D eigenvalue weighted by Gasteiger charge is 2.03. The van der Waals surface area contributed by atoms with Crippen LogP contribution in [-0.2, 0) is 17.8 Å². The van der Waals surface area contributed by atoms with Crippen molar-refractivity contribution in [2.24, 2.45) is 4.99 Å². The van der Waals surface area contributed by atoms with Gasteiger partial charge in [0.05, 0.1) is 0 Å². The number of rotatable bonds is 9.